The number of hydrogen-bond donors (Lipinski definition) is 1. The van der Waals surface area contributed by atoms with Crippen LogP contribution in [0, 0.1) is 10.1 Å². The third-order valence-corrected chi connectivity index (χ3v) is 4.02. The lowest BCUT2D eigenvalue weighted by atomic mass is 10.1. The van der Waals surface area contributed by atoms with Crippen molar-refractivity contribution >= 4 is 39.1 Å². The number of benzene rings is 1. The van der Waals surface area contributed by atoms with E-state index in [4.69, 9.17) is 11.6 Å². The molecule has 1 atom stereocenters. The fraction of sp³-hybridized carbons (Fsp3) is 0.417. The molecule has 0 spiro atoms. The smallest absolute Gasteiger partial charge is 0.283 e. The molecule has 1 aromatic rings. The Morgan fingerprint density at radius 2 is 2.26 bits per heavy atom. The molecule has 19 heavy (non-hydrogen) atoms. The number of halogens is 2. The fourth-order valence-electron chi connectivity index (χ4n) is 1.52. The van der Waals surface area contributed by atoms with Crippen molar-refractivity contribution in [2.24, 2.45) is 0 Å². The third kappa shape index (κ3) is 4.47. The van der Waals surface area contributed by atoms with Gasteiger partial charge in [-0.2, -0.15) is 0 Å². The Morgan fingerprint density at radius 1 is 1.58 bits per heavy atom. The van der Waals surface area contributed by atoms with Gasteiger partial charge in [0.2, 0.25) is 0 Å². The van der Waals surface area contributed by atoms with Crippen molar-refractivity contribution in [1.29, 1.82) is 0 Å². The normalized spacial score (nSPS) is 11.9. The molecule has 1 N–H and O–H groups in total. The summed E-state index contributed by atoms with van der Waals surface area (Å²) in [5, 5.41) is 13.6. The van der Waals surface area contributed by atoms with E-state index in [9.17, 15) is 14.9 Å². The largest absolute Gasteiger partial charge is 0.352 e. The van der Waals surface area contributed by atoms with Gasteiger partial charge in [0, 0.05) is 17.4 Å². The highest BCUT2D eigenvalue weighted by Crippen LogP contribution is 2.25. The van der Waals surface area contributed by atoms with E-state index in [1.165, 1.54) is 18.2 Å². The van der Waals surface area contributed by atoms with Crippen molar-refractivity contribution in [3.05, 3.63) is 38.9 Å². The van der Waals surface area contributed by atoms with Crippen molar-refractivity contribution in [3.8, 4) is 0 Å². The molecule has 0 aliphatic carbocycles. The van der Waals surface area contributed by atoms with Crippen LogP contribution in [-0.4, -0.2) is 22.2 Å². The second-order valence-corrected chi connectivity index (χ2v) is 5.64. The topological polar surface area (TPSA) is 72.2 Å². The van der Waals surface area contributed by atoms with Crippen molar-refractivity contribution in [2.75, 3.05) is 6.54 Å². The first-order chi connectivity index (χ1) is 8.97. The zero-order valence-electron chi connectivity index (χ0n) is 10.4. The SMILES string of the molecule is CCC(Br)CCNC(=O)c1c(Cl)cccc1[N+](=O)[O-]. The molecule has 7 heteroatoms. The van der Waals surface area contributed by atoms with Gasteiger partial charge in [-0.3, -0.25) is 14.9 Å². The van der Waals surface area contributed by atoms with Crippen LogP contribution in [0.15, 0.2) is 18.2 Å². The van der Waals surface area contributed by atoms with Gasteiger partial charge in [0.1, 0.15) is 5.56 Å². The molecule has 0 aliphatic rings. The quantitative estimate of drug-likeness (QED) is 0.485. The van der Waals surface area contributed by atoms with E-state index in [0.29, 0.717) is 11.4 Å². The van der Waals surface area contributed by atoms with Crippen LogP contribution >= 0.6 is 27.5 Å². The summed E-state index contributed by atoms with van der Waals surface area (Å²) in [6.07, 6.45) is 1.70. The molecule has 0 bridgehead atoms. The highest BCUT2D eigenvalue weighted by molar-refractivity contribution is 9.09. The lowest BCUT2D eigenvalue weighted by molar-refractivity contribution is -0.385. The number of nitrogens with zero attached hydrogens (tertiary/aromatic N) is 1. The highest BCUT2D eigenvalue weighted by atomic mass is 79.9. The Kier molecular flexibility index (Phi) is 6.24. The zero-order chi connectivity index (χ0) is 14.4. The van der Waals surface area contributed by atoms with Gasteiger partial charge in [0.05, 0.1) is 9.95 Å². The van der Waals surface area contributed by atoms with Crippen LogP contribution in [0.1, 0.15) is 30.1 Å². The molecule has 104 valence electrons. The Labute approximate surface area is 124 Å². The van der Waals surface area contributed by atoms with Crippen LogP contribution in [-0.2, 0) is 0 Å². The first kappa shape index (κ1) is 15.9. The Morgan fingerprint density at radius 3 is 2.84 bits per heavy atom. The van der Waals surface area contributed by atoms with E-state index in [-0.39, 0.29) is 16.3 Å². The minimum Gasteiger partial charge on any atom is -0.352 e. The van der Waals surface area contributed by atoms with Crippen LogP contribution in [0.2, 0.25) is 5.02 Å². The molecule has 1 rings (SSSR count). The maximum absolute atomic E-state index is 11.9. The first-order valence-corrected chi connectivity index (χ1v) is 7.11. The third-order valence-electron chi connectivity index (χ3n) is 2.60. The minimum absolute atomic E-state index is 0.0811. The fourth-order valence-corrected chi connectivity index (χ4v) is 2.01. The first-order valence-electron chi connectivity index (χ1n) is 5.82. The number of hydrogen-bond acceptors (Lipinski definition) is 3. The van der Waals surface area contributed by atoms with E-state index in [0.717, 1.165) is 12.8 Å². The van der Waals surface area contributed by atoms with E-state index < -0.39 is 10.8 Å². The molecular formula is C12H14BrClN2O3. The summed E-state index contributed by atoms with van der Waals surface area (Å²) in [7, 11) is 0. The van der Waals surface area contributed by atoms with E-state index in [1.807, 2.05) is 6.92 Å². The van der Waals surface area contributed by atoms with Crippen LogP contribution < -0.4 is 5.32 Å². The molecule has 1 unspecified atom stereocenters. The molecule has 0 aromatic heterocycles. The highest BCUT2D eigenvalue weighted by Gasteiger charge is 2.22. The van der Waals surface area contributed by atoms with E-state index in [2.05, 4.69) is 21.2 Å². The molecule has 0 radical (unpaired) electrons. The summed E-state index contributed by atoms with van der Waals surface area (Å²) in [4.78, 5) is 22.5. The molecular weight excluding hydrogens is 336 g/mol. The van der Waals surface area contributed by atoms with Gasteiger partial charge in [-0.1, -0.05) is 40.5 Å². The second kappa shape index (κ2) is 7.45. The average Bonchev–Trinajstić information content (AvgIpc) is 2.37. The van der Waals surface area contributed by atoms with Crippen molar-refractivity contribution < 1.29 is 9.72 Å². The molecule has 0 aliphatic heterocycles. The van der Waals surface area contributed by atoms with Crippen LogP contribution in [0.3, 0.4) is 0 Å². The maximum Gasteiger partial charge on any atom is 0.283 e. The van der Waals surface area contributed by atoms with E-state index >= 15 is 0 Å². The molecule has 1 aromatic carbocycles. The van der Waals surface area contributed by atoms with Gasteiger partial charge in [0.15, 0.2) is 0 Å². The maximum atomic E-state index is 11.9. The number of nitro groups is 1. The van der Waals surface area contributed by atoms with Crippen LogP contribution in [0.4, 0.5) is 5.69 Å². The Balaban J connectivity index is 2.79. The van der Waals surface area contributed by atoms with Gasteiger partial charge < -0.3 is 5.32 Å². The number of amides is 1. The summed E-state index contributed by atoms with van der Waals surface area (Å²) in [5.41, 5.74) is -0.368. The van der Waals surface area contributed by atoms with Gasteiger partial charge >= 0.3 is 0 Å². The minimum atomic E-state index is -0.611. The molecule has 1 amide bonds. The van der Waals surface area contributed by atoms with Crippen molar-refractivity contribution in [1.82, 2.24) is 5.32 Å². The molecule has 0 fully saturated rings. The predicted molar refractivity (Wildman–Crippen MR) is 78.1 cm³/mol. The van der Waals surface area contributed by atoms with Crippen molar-refractivity contribution in [2.45, 2.75) is 24.6 Å². The lowest BCUT2D eigenvalue weighted by Gasteiger charge is -2.09. The Hall–Kier alpha value is -1.14. The second-order valence-electron chi connectivity index (χ2n) is 3.94. The zero-order valence-corrected chi connectivity index (χ0v) is 12.7. The summed E-state index contributed by atoms with van der Waals surface area (Å²) in [6, 6.07) is 4.17. The molecule has 0 saturated heterocycles. The molecule has 5 nitrogen and oxygen atoms in total. The average molecular weight is 350 g/mol. The number of carbonyl (C=O) groups is 1. The number of carbonyl (C=O) groups excluding carboxylic acids is 1. The standard InChI is InChI=1S/C12H14BrClN2O3/c1-2-8(13)6-7-15-12(17)11-9(14)4-3-5-10(11)16(18)19/h3-5,8H,2,6-7H2,1H3,(H,15,17). The monoisotopic (exact) mass is 348 g/mol. The van der Waals surface area contributed by atoms with Crippen molar-refractivity contribution in [3.63, 3.8) is 0 Å². The Bertz CT molecular complexity index is 482. The van der Waals surface area contributed by atoms with Crippen LogP contribution in [0.25, 0.3) is 0 Å². The summed E-state index contributed by atoms with van der Waals surface area (Å²) in [5.74, 6) is -0.520. The number of alkyl halides is 1. The van der Waals surface area contributed by atoms with Gasteiger partial charge in [0.25, 0.3) is 11.6 Å². The summed E-state index contributed by atoms with van der Waals surface area (Å²) in [6.45, 7) is 2.46. The summed E-state index contributed by atoms with van der Waals surface area (Å²) < 4.78 is 0. The van der Waals surface area contributed by atoms with Crippen LogP contribution in [0.5, 0.6) is 0 Å². The molecule has 0 heterocycles. The number of nitrogens with one attached hydrogen (secondary N) is 1. The number of rotatable bonds is 6. The van der Waals surface area contributed by atoms with Gasteiger partial charge in [-0.05, 0) is 18.9 Å². The van der Waals surface area contributed by atoms with Gasteiger partial charge in [-0.15, -0.1) is 0 Å². The van der Waals surface area contributed by atoms with Gasteiger partial charge in [-0.25, -0.2) is 0 Å². The summed E-state index contributed by atoms with van der Waals surface area (Å²) >= 11 is 9.31. The van der Waals surface area contributed by atoms with E-state index in [1.54, 1.807) is 0 Å². The lowest BCUT2D eigenvalue weighted by Crippen LogP contribution is -2.27. The predicted octanol–water partition coefficient (Wildman–Crippen LogP) is 3.54. The molecule has 0 saturated carbocycles. The number of nitro benzene ring substituents is 1.